The molecule has 2 N–H and O–H groups in total. The number of aromatic amines is 1. The molecule has 1 atom stereocenters. The molecule has 0 saturated heterocycles. The molecule has 0 radical (unpaired) electrons. The molecule has 0 fully saturated rings. The van der Waals surface area contributed by atoms with E-state index in [1.54, 1.807) is 12.3 Å². The number of carbonyl (C=O) groups is 1. The van der Waals surface area contributed by atoms with Crippen LogP contribution in [0.3, 0.4) is 0 Å². The predicted octanol–water partition coefficient (Wildman–Crippen LogP) is 3.45. The summed E-state index contributed by atoms with van der Waals surface area (Å²) in [5, 5.41) is 6.10. The molecule has 3 heterocycles. The van der Waals surface area contributed by atoms with Crippen molar-refractivity contribution >= 4 is 11.6 Å². The lowest BCUT2D eigenvalue weighted by Gasteiger charge is -2.22. The van der Waals surface area contributed by atoms with Crippen LogP contribution < -0.4 is 10.9 Å². The Hall–Kier alpha value is -3.74. The Morgan fingerprint density at radius 3 is 2.58 bits per heavy atom. The summed E-state index contributed by atoms with van der Waals surface area (Å²) in [6.45, 7) is 6.01. The molecule has 4 rings (SSSR count). The third-order valence-electron chi connectivity index (χ3n) is 5.20. The number of pyridine rings is 1. The van der Waals surface area contributed by atoms with E-state index in [4.69, 9.17) is 0 Å². The number of H-pyrrole nitrogens is 1. The van der Waals surface area contributed by atoms with E-state index in [-0.39, 0.29) is 29.8 Å². The molecule has 7 nitrogen and oxygen atoms in total. The van der Waals surface area contributed by atoms with E-state index in [1.807, 2.05) is 63.2 Å². The van der Waals surface area contributed by atoms with E-state index in [2.05, 4.69) is 20.4 Å². The summed E-state index contributed by atoms with van der Waals surface area (Å²) >= 11 is 0. The molecule has 0 unspecified atom stereocenters. The summed E-state index contributed by atoms with van der Waals surface area (Å²) in [6.07, 6.45) is 1.97. The average molecular weight is 415 g/mol. The Morgan fingerprint density at radius 1 is 1.13 bits per heavy atom. The molecular formula is C24H25N5O2. The molecule has 0 aliphatic rings. The number of nitrogens with one attached hydrogen (secondary N) is 2. The zero-order valence-electron chi connectivity index (χ0n) is 17.8. The average Bonchev–Trinajstić information content (AvgIpc) is 3.19. The van der Waals surface area contributed by atoms with Crippen LogP contribution in [0.15, 0.2) is 65.6 Å². The number of carbonyl (C=O) groups excluding carboxylic acids is 1. The van der Waals surface area contributed by atoms with Crippen molar-refractivity contribution in [2.45, 2.75) is 33.2 Å². The van der Waals surface area contributed by atoms with Gasteiger partial charge in [0.2, 0.25) is 5.91 Å². The van der Waals surface area contributed by atoms with Crippen LogP contribution in [-0.2, 0) is 11.2 Å². The van der Waals surface area contributed by atoms with Crippen molar-refractivity contribution in [3.05, 3.63) is 88.0 Å². The second-order valence-corrected chi connectivity index (χ2v) is 8.05. The van der Waals surface area contributed by atoms with E-state index >= 15 is 0 Å². The summed E-state index contributed by atoms with van der Waals surface area (Å²) < 4.78 is 1.39. The molecule has 31 heavy (non-hydrogen) atoms. The number of amides is 1. The molecule has 3 aromatic heterocycles. The van der Waals surface area contributed by atoms with Gasteiger partial charge < -0.3 is 5.32 Å². The maximum absolute atomic E-state index is 12.7. The van der Waals surface area contributed by atoms with Crippen LogP contribution in [0.2, 0.25) is 0 Å². The first-order valence-corrected chi connectivity index (χ1v) is 10.3. The van der Waals surface area contributed by atoms with Crippen molar-refractivity contribution in [3.63, 3.8) is 0 Å². The Balaban J connectivity index is 1.61. The quantitative estimate of drug-likeness (QED) is 0.505. The van der Waals surface area contributed by atoms with Crippen LogP contribution in [0.4, 0.5) is 0 Å². The van der Waals surface area contributed by atoms with Gasteiger partial charge in [-0.1, -0.05) is 49.7 Å². The predicted molar refractivity (Wildman–Crippen MR) is 120 cm³/mol. The monoisotopic (exact) mass is 415 g/mol. The molecule has 158 valence electrons. The molecule has 4 aromatic rings. The lowest BCUT2D eigenvalue weighted by atomic mass is 10.00. The fraction of sp³-hybridized carbons (Fsp3) is 0.250. The molecule has 1 aromatic carbocycles. The largest absolute Gasteiger partial charge is 0.347 e. The van der Waals surface area contributed by atoms with Gasteiger partial charge in [-0.25, -0.2) is 9.50 Å². The standard InChI is InChI=1S/C24H25N5O2/c1-15(2)24(27-22(30)12-17-9-7-16(3)8-10-17)20-14-23(31)29-21(26-20)13-19(28-29)18-6-4-5-11-25-18/h4-11,13-15,24,28H,12H2,1-3H3,(H,27,30)/t24-/m0/s1. The van der Waals surface area contributed by atoms with Gasteiger partial charge in [-0.05, 0) is 30.5 Å². The van der Waals surface area contributed by atoms with Crippen LogP contribution in [0.1, 0.15) is 36.7 Å². The van der Waals surface area contributed by atoms with Gasteiger partial charge in [-0.15, -0.1) is 0 Å². The topological polar surface area (TPSA) is 92.2 Å². The van der Waals surface area contributed by atoms with E-state index < -0.39 is 0 Å². The maximum atomic E-state index is 12.7. The number of aryl methyl sites for hydroxylation is 1. The summed E-state index contributed by atoms with van der Waals surface area (Å²) in [6, 6.07) is 16.4. The number of hydrogen-bond donors (Lipinski definition) is 2. The number of hydrogen-bond acceptors (Lipinski definition) is 4. The van der Waals surface area contributed by atoms with E-state index in [1.165, 1.54) is 10.6 Å². The van der Waals surface area contributed by atoms with Crippen LogP contribution in [0.5, 0.6) is 0 Å². The van der Waals surface area contributed by atoms with E-state index in [0.717, 1.165) is 16.8 Å². The van der Waals surface area contributed by atoms with Crippen LogP contribution >= 0.6 is 0 Å². The number of fused-ring (bicyclic) bond motifs is 1. The normalized spacial score (nSPS) is 12.3. The van der Waals surface area contributed by atoms with Gasteiger partial charge >= 0.3 is 0 Å². The van der Waals surface area contributed by atoms with Gasteiger partial charge in [0.15, 0.2) is 5.65 Å². The molecule has 0 spiro atoms. The van der Waals surface area contributed by atoms with E-state index in [0.29, 0.717) is 17.0 Å². The van der Waals surface area contributed by atoms with Crippen LogP contribution in [0.25, 0.3) is 17.0 Å². The molecular weight excluding hydrogens is 390 g/mol. The van der Waals surface area contributed by atoms with Gasteiger partial charge in [-0.2, -0.15) is 0 Å². The van der Waals surface area contributed by atoms with Gasteiger partial charge in [0, 0.05) is 18.3 Å². The fourth-order valence-corrected chi connectivity index (χ4v) is 3.52. The smallest absolute Gasteiger partial charge is 0.272 e. The second-order valence-electron chi connectivity index (χ2n) is 8.05. The third kappa shape index (κ3) is 4.55. The summed E-state index contributed by atoms with van der Waals surface area (Å²) in [5.74, 6) is -0.0432. The van der Waals surface area contributed by atoms with Crippen LogP contribution in [-0.4, -0.2) is 25.5 Å². The fourth-order valence-electron chi connectivity index (χ4n) is 3.52. The molecule has 0 aliphatic carbocycles. The van der Waals surface area contributed by atoms with Crippen molar-refractivity contribution in [1.29, 1.82) is 0 Å². The van der Waals surface area contributed by atoms with Gasteiger partial charge in [-0.3, -0.25) is 19.7 Å². The minimum absolute atomic E-state index is 0.0607. The maximum Gasteiger partial charge on any atom is 0.272 e. The third-order valence-corrected chi connectivity index (χ3v) is 5.20. The number of rotatable bonds is 6. The minimum atomic E-state index is -0.371. The van der Waals surface area contributed by atoms with E-state index in [9.17, 15) is 9.59 Å². The van der Waals surface area contributed by atoms with Gasteiger partial charge in [0.05, 0.1) is 29.5 Å². The lowest BCUT2D eigenvalue weighted by Crippen LogP contribution is -2.34. The molecule has 1 amide bonds. The summed E-state index contributed by atoms with van der Waals surface area (Å²) in [5.41, 5.74) is 4.32. The highest BCUT2D eigenvalue weighted by Gasteiger charge is 2.22. The molecule has 7 heteroatoms. The molecule has 0 bridgehead atoms. The SMILES string of the molecule is Cc1ccc(CC(=O)N[C@H](c2cc(=O)n3[nH]c(-c4ccccn4)cc3n2)C(C)C)cc1. The summed E-state index contributed by atoms with van der Waals surface area (Å²) in [7, 11) is 0. The van der Waals surface area contributed by atoms with Crippen LogP contribution in [0, 0.1) is 12.8 Å². The first-order chi connectivity index (χ1) is 14.9. The van der Waals surface area contributed by atoms with Crippen molar-refractivity contribution in [2.24, 2.45) is 5.92 Å². The Kier molecular flexibility index (Phi) is 5.66. The number of aromatic nitrogens is 4. The Bertz CT molecular complexity index is 1260. The molecule has 0 saturated carbocycles. The molecule has 0 aliphatic heterocycles. The summed E-state index contributed by atoms with van der Waals surface area (Å²) in [4.78, 5) is 34.4. The zero-order valence-corrected chi connectivity index (χ0v) is 17.8. The van der Waals surface area contributed by atoms with Gasteiger partial charge in [0.25, 0.3) is 5.56 Å². The van der Waals surface area contributed by atoms with Crippen molar-refractivity contribution in [1.82, 2.24) is 24.9 Å². The number of benzene rings is 1. The minimum Gasteiger partial charge on any atom is -0.347 e. The van der Waals surface area contributed by atoms with Crippen molar-refractivity contribution < 1.29 is 4.79 Å². The highest BCUT2D eigenvalue weighted by atomic mass is 16.1. The first-order valence-electron chi connectivity index (χ1n) is 10.3. The highest BCUT2D eigenvalue weighted by molar-refractivity contribution is 5.79. The number of nitrogens with zero attached hydrogens (tertiary/aromatic N) is 3. The second kappa shape index (κ2) is 8.55. The zero-order chi connectivity index (χ0) is 22.0. The first kappa shape index (κ1) is 20.5. The Labute approximate surface area is 180 Å². The van der Waals surface area contributed by atoms with Crippen molar-refractivity contribution in [2.75, 3.05) is 0 Å². The Morgan fingerprint density at radius 2 is 1.90 bits per heavy atom. The highest BCUT2D eigenvalue weighted by Crippen LogP contribution is 2.21. The lowest BCUT2D eigenvalue weighted by molar-refractivity contribution is -0.121. The van der Waals surface area contributed by atoms with Crippen molar-refractivity contribution in [3.8, 4) is 11.4 Å². The van der Waals surface area contributed by atoms with Gasteiger partial charge in [0.1, 0.15) is 0 Å².